The fraction of sp³-hybridized carbons (Fsp3) is 1.00. The first-order valence-corrected chi connectivity index (χ1v) is 4.82. The SMILES string of the molecule is COCCNCC(C)SC. The van der Waals surface area contributed by atoms with E-state index in [1.807, 2.05) is 11.8 Å². The maximum Gasteiger partial charge on any atom is 0.0587 e. The number of ether oxygens (including phenoxy) is 1. The van der Waals surface area contributed by atoms with Crippen LogP contribution in [0.2, 0.25) is 0 Å². The molecule has 0 spiro atoms. The predicted molar refractivity (Wildman–Crippen MR) is 47.7 cm³/mol. The van der Waals surface area contributed by atoms with Crippen molar-refractivity contribution in [1.82, 2.24) is 5.32 Å². The van der Waals surface area contributed by atoms with Gasteiger partial charge in [-0.25, -0.2) is 0 Å². The summed E-state index contributed by atoms with van der Waals surface area (Å²) in [5.74, 6) is 0. The smallest absolute Gasteiger partial charge is 0.0587 e. The first-order valence-electron chi connectivity index (χ1n) is 3.53. The second-order valence-corrected chi connectivity index (χ2v) is 3.52. The monoisotopic (exact) mass is 163 g/mol. The Bertz CT molecular complexity index is 70.6. The van der Waals surface area contributed by atoms with Gasteiger partial charge in [-0.3, -0.25) is 0 Å². The Kier molecular flexibility index (Phi) is 7.58. The lowest BCUT2D eigenvalue weighted by Crippen LogP contribution is -2.25. The molecule has 0 heterocycles. The van der Waals surface area contributed by atoms with E-state index in [1.54, 1.807) is 7.11 Å². The Morgan fingerprint density at radius 2 is 2.30 bits per heavy atom. The molecule has 0 aromatic rings. The van der Waals surface area contributed by atoms with Crippen LogP contribution in [-0.2, 0) is 4.74 Å². The van der Waals surface area contributed by atoms with E-state index in [0.29, 0.717) is 5.25 Å². The fourth-order valence-corrected chi connectivity index (χ4v) is 0.847. The predicted octanol–water partition coefficient (Wildman–Crippen LogP) is 0.974. The Balaban J connectivity index is 2.89. The van der Waals surface area contributed by atoms with Crippen molar-refractivity contribution in [3.63, 3.8) is 0 Å². The Labute approximate surface area is 67.7 Å². The summed E-state index contributed by atoms with van der Waals surface area (Å²) < 4.78 is 4.89. The second kappa shape index (κ2) is 7.38. The van der Waals surface area contributed by atoms with E-state index in [0.717, 1.165) is 19.7 Å². The average molecular weight is 163 g/mol. The molecule has 2 nitrogen and oxygen atoms in total. The van der Waals surface area contributed by atoms with Crippen molar-refractivity contribution in [2.75, 3.05) is 33.1 Å². The van der Waals surface area contributed by atoms with Crippen LogP contribution in [0.1, 0.15) is 6.92 Å². The molecule has 62 valence electrons. The highest BCUT2D eigenvalue weighted by atomic mass is 32.2. The van der Waals surface area contributed by atoms with Gasteiger partial charge in [-0.2, -0.15) is 11.8 Å². The Morgan fingerprint density at radius 1 is 1.60 bits per heavy atom. The highest BCUT2D eigenvalue weighted by Gasteiger charge is 1.95. The number of thioether (sulfide) groups is 1. The lowest BCUT2D eigenvalue weighted by molar-refractivity contribution is 0.199. The van der Waals surface area contributed by atoms with Crippen LogP contribution in [0.25, 0.3) is 0 Å². The van der Waals surface area contributed by atoms with Crippen LogP contribution in [0.5, 0.6) is 0 Å². The van der Waals surface area contributed by atoms with Crippen molar-refractivity contribution >= 4 is 11.8 Å². The summed E-state index contributed by atoms with van der Waals surface area (Å²) >= 11 is 1.88. The van der Waals surface area contributed by atoms with Gasteiger partial charge < -0.3 is 10.1 Å². The van der Waals surface area contributed by atoms with Gasteiger partial charge in [-0.15, -0.1) is 0 Å². The minimum absolute atomic E-state index is 0.705. The molecule has 10 heavy (non-hydrogen) atoms. The van der Waals surface area contributed by atoms with Gasteiger partial charge in [0.2, 0.25) is 0 Å². The van der Waals surface area contributed by atoms with Crippen LogP contribution in [-0.4, -0.2) is 38.3 Å². The van der Waals surface area contributed by atoms with Gasteiger partial charge >= 0.3 is 0 Å². The van der Waals surface area contributed by atoms with E-state index in [9.17, 15) is 0 Å². The third-order valence-electron chi connectivity index (χ3n) is 1.32. The molecule has 0 aromatic carbocycles. The largest absolute Gasteiger partial charge is 0.383 e. The number of rotatable bonds is 6. The van der Waals surface area contributed by atoms with E-state index in [-0.39, 0.29) is 0 Å². The van der Waals surface area contributed by atoms with Crippen molar-refractivity contribution in [2.45, 2.75) is 12.2 Å². The van der Waals surface area contributed by atoms with E-state index in [1.165, 1.54) is 0 Å². The van der Waals surface area contributed by atoms with Crippen LogP contribution in [0.4, 0.5) is 0 Å². The van der Waals surface area contributed by atoms with E-state index < -0.39 is 0 Å². The summed E-state index contributed by atoms with van der Waals surface area (Å²) in [5.41, 5.74) is 0. The molecular formula is C7H17NOS. The van der Waals surface area contributed by atoms with Crippen LogP contribution < -0.4 is 5.32 Å². The molecule has 0 bridgehead atoms. The normalized spacial score (nSPS) is 13.5. The number of nitrogens with one attached hydrogen (secondary N) is 1. The molecule has 0 aliphatic heterocycles. The summed E-state index contributed by atoms with van der Waals surface area (Å²) in [6.45, 7) is 5.05. The van der Waals surface area contributed by atoms with E-state index in [2.05, 4.69) is 18.5 Å². The third-order valence-corrected chi connectivity index (χ3v) is 2.29. The lowest BCUT2D eigenvalue weighted by atomic mass is 10.4. The fourth-order valence-electron chi connectivity index (χ4n) is 0.563. The van der Waals surface area contributed by atoms with Gasteiger partial charge in [0.1, 0.15) is 0 Å². The molecular weight excluding hydrogens is 146 g/mol. The topological polar surface area (TPSA) is 21.3 Å². The minimum atomic E-state index is 0.705. The van der Waals surface area contributed by atoms with Gasteiger partial charge in [0.05, 0.1) is 6.61 Å². The van der Waals surface area contributed by atoms with Crippen LogP contribution in [0.15, 0.2) is 0 Å². The number of hydrogen-bond donors (Lipinski definition) is 1. The zero-order chi connectivity index (χ0) is 7.82. The molecule has 0 fully saturated rings. The quantitative estimate of drug-likeness (QED) is 0.590. The standard InChI is InChI=1S/C7H17NOS/c1-7(10-3)6-8-4-5-9-2/h7-8H,4-6H2,1-3H3. The summed E-state index contributed by atoms with van der Waals surface area (Å²) in [6, 6.07) is 0. The first-order chi connectivity index (χ1) is 4.81. The van der Waals surface area contributed by atoms with Gasteiger partial charge in [0.15, 0.2) is 0 Å². The molecule has 0 aliphatic rings. The summed E-state index contributed by atoms with van der Waals surface area (Å²) in [6.07, 6.45) is 2.13. The van der Waals surface area contributed by atoms with Crippen LogP contribution in [0, 0.1) is 0 Å². The molecule has 0 saturated heterocycles. The molecule has 0 rings (SSSR count). The van der Waals surface area contributed by atoms with Gasteiger partial charge in [-0.05, 0) is 6.26 Å². The van der Waals surface area contributed by atoms with Gasteiger partial charge in [-0.1, -0.05) is 6.92 Å². The summed E-state index contributed by atoms with van der Waals surface area (Å²) in [4.78, 5) is 0. The van der Waals surface area contributed by atoms with E-state index in [4.69, 9.17) is 4.74 Å². The Hall–Kier alpha value is 0.270. The molecule has 1 unspecified atom stereocenters. The maximum absolute atomic E-state index is 4.89. The Morgan fingerprint density at radius 3 is 2.80 bits per heavy atom. The third kappa shape index (κ3) is 6.39. The van der Waals surface area contributed by atoms with Crippen molar-refractivity contribution in [3.05, 3.63) is 0 Å². The number of methoxy groups -OCH3 is 1. The summed E-state index contributed by atoms with van der Waals surface area (Å²) in [7, 11) is 1.72. The molecule has 3 heteroatoms. The summed E-state index contributed by atoms with van der Waals surface area (Å²) in [5, 5.41) is 4.00. The lowest BCUT2D eigenvalue weighted by Gasteiger charge is -2.08. The molecule has 1 atom stereocenters. The zero-order valence-corrected chi connectivity index (χ0v) is 7.83. The highest BCUT2D eigenvalue weighted by Crippen LogP contribution is 2.01. The molecule has 0 amide bonds. The molecule has 0 aliphatic carbocycles. The van der Waals surface area contributed by atoms with Gasteiger partial charge in [0, 0.05) is 25.4 Å². The first kappa shape index (κ1) is 10.3. The van der Waals surface area contributed by atoms with Crippen molar-refractivity contribution < 1.29 is 4.74 Å². The van der Waals surface area contributed by atoms with E-state index >= 15 is 0 Å². The van der Waals surface area contributed by atoms with Crippen LogP contribution >= 0.6 is 11.8 Å². The van der Waals surface area contributed by atoms with Crippen molar-refractivity contribution in [2.24, 2.45) is 0 Å². The number of hydrogen-bond acceptors (Lipinski definition) is 3. The molecule has 0 radical (unpaired) electrons. The average Bonchev–Trinajstić information content (AvgIpc) is 1.98. The molecule has 0 aromatic heterocycles. The van der Waals surface area contributed by atoms with Crippen LogP contribution in [0.3, 0.4) is 0 Å². The zero-order valence-electron chi connectivity index (χ0n) is 7.02. The molecule has 0 saturated carbocycles. The van der Waals surface area contributed by atoms with Gasteiger partial charge in [0.25, 0.3) is 0 Å². The highest BCUT2D eigenvalue weighted by molar-refractivity contribution is 7.99. The second-order valence-electron chi connectivity index (χ2n) is 2.24. The molecule has 1 N–H and O–H groups in total. The van der Waals surface area contributed by atoms with Crippen molar-refractivity contribution in [3.8, 4) is 0 Å². The van der Waals surface area contributed by atoms with Crippen molar-refractivity contribution in [1.29, 1.82) is 0 Å². The minimum Gasteiger partial charge on any atom is -0.383 e. The maximum atomic E-state index is 4.89.